The van der Waals surface area contributed by atoms with E-state index in [-0.39, 0.29) is 12.9 Å². The predicted molar refractivity (Wildman–Crippen MR) is 38.7 cm³/mol. The van der Waals surface area contributed by atoms with E-state index < -0.39 is 0 Å². The zero-order valence-electron chi connectivity index (χ0n) is 6.67. The standard InChI is InChI=1S/C7H16O3/c1-3-4-10-7(2)5-9-6-8/h7-8H,3-6H2,1-2H3. The van der Waals surface area contributed by atoms with Gasteiger partial charge < -0.3 is 14.6 Å². The lowest BCUT2D eigenvalue weighted by Crippen LogP contribution is -2.16. The van der Waals surface area contributed by atoms with Crippen molar-refractivity contribution >= 4 is 0 Å². The number of aliphatic hydroxyl groups excluding tert-OH is 1. The highest BCUT2D eigenvalue weighted by Crippen LogP contribution is 1.92. The smallest absolute Gasteiger partial charge is 0.143 e. The van der Waals surface area contributed by atoms with Crippen molar-refractivity contribution in [1.29, 1.82) is 0 Å². The Morgan fingerprint density at radius 2 is 2.20 bits per heavy atom. The minimum Gasteiger partial charge on any atom is -0.376 e. The summed E-state index contributed by atoms with van der Waals surface area (Å²) in [6, 6.07) is 0. The van der Waals surface area contributed by atoms with Gasteiger partial charge in [-0.25, -0.2) is 0 Å². The maximum absolute atomic E-state index is 8.26. The van der Waals surface area contributed by atoms with E-state index in [4.69, 9.17) is 14.6 Å². The van der Waals surface area contributed by atoms with Crippen LogP contribution in [0.5, 0.6) is 0 Å². The van der Waals surface area contributed by atoms with E-state index in [2.05, 4.69) is 6.92 Å². The third-order valence-electron chi connectivity index (χ3n) is 1.05. The summed E-state index contributed by atoms with van der Waals surface area (Å²) < 4.78 is 9.98. The Hall–Kier alpha value is -0.120. The number of ether oxygens (including phenoxy) is 2. The largest absolute Gasteiger partial charge is 0.376 e. The average molecular weight is 148 g/mol. The molecule has 0 bridgehead atoms. The molecule has 3 heteroatoms. The van der Waals surface area contributed by atoms with Crippen molar-refractivity contribution in [3.8, 4) is 0 Å². The first-order chi connectivity index (χ1) is 4.81. The van der Waals surface area contributed by atoms with Crippen molar-refractivity contribution in [1.82, 2.24) is 0 Å². The highest BCUT2D eigenvalue weighted by atomic mass is 16.6. The lowest BCUT2D eigenvalue weighted by atomic mass is 10.4. The van der Waals surface area contributed by atoms with E-state index in [1.807, 2.05) is 6.92 Å². The van der Waals surface area contributed by atoms with Gasteiger partial charge in [0.05, 0.1) is 12.7 Å². The summed E-state index contributed by atoms with van der Waals surface area (Å²) in [6.07, 6.45) is 1.11. The molecule has 0 rings (SSSR count). The second-order valence-electron chi connectivity index (χ2n) is 2.18. The molecular formula is C7H16O3. The van der Waals surface area contributed by atoms with Crippen molar-refractivity contribution in [2.45, 2.75) is 26.4 Å². The lowest BCUT2D eigenvalue weighted by molar-refractivity contribution is -0.0585. The zero-order valence-corrected chi connectivity index (χ0v) is 6.67. The molecule has 1 unspecified atom stereocenters. The Morgan fingerprint density at radius 3 is 2.70 bits per heavy atom. The Morgan fingerprint density at radius 1 is 1.50 bits per heavy atom. The van der Waals surface area contributed by atoms with Crippen molar-refractivity contribution in [2.24, 2.45) is 0 Å². The number of hydrogen-bond acceptors (Lipinski definition) is 3. The Labute approximate surface area is 62.0 Å². The fourth-order valence-electron chi connectivity index (χ4n) is 0.586. The van der Waals surface area contributed by atoms with Gasteiger partial charge in [-0.1, -0.05) is 6.92 Å². The second-order valence-corrected chi connectivity index (χ2v) is 2.18. The highest BCUT2D eigenvalue weighted by Gasteiger charge is 1.99. The van der Waals surface area contributed by atoms with Crippen LogP contribution in [-0.4, -0.2) is 31.2 Å². The third kappa shape index (κ3) is 6.01. The van der Waals surface area contributed by atoms with Crippen LogP contribution >= 0.6 is 0 Å². The van der Waals surface area contributed by atoms with Crippen molar-refractivity contribution in [3.05, 3.63) is 0 Å². The van der Waals surface area contributed by atoms with Crippen LogP contribution in [0, 0.1) is 0 Å². The van der Waals surface area contributed by atoms with E-state index in [9.17, 15) is 0 Å². The molecule has 0 spiro atoms. The normalized spacial score (nSPS) is 13.5. The van der Waals surface area contributed by atoms with E-state index in [0.29, 0.717) is 6.61 Å². The number of rotatable bonds is 6. The minimum atomic E-state index is -0.222. The van der Waals surface area contributed by atoms with Crippen molar-refractivity contribution < 1.29 is 14.6 Å². The van der Waals surface area contributed by atoms with Crippen LogP contribution in [0.4, 0.5) is 0 Å². The van der Waals surface area contributed by atoms with Crippen molar-refractivity contribution in [3.63, 3.8) is 0 Å². The van der Waals surface area contributed by atoms with Gasteiger partial charge in [0.1, 0.15) is 6.79 Å². The van der Waals surface area contributed by atoms with Crippen LogP contribution < -0.4 is 0 Å². The van der Waals surface area contributed by atoms with Crippen molar-refractivity contribution in [2.75, 3.05) is 20.0 Å². The van der Waals surface area contributed by atoms with E-state index >= 15 is 0 Å². The predicted octanol–water partition coefficient (Wildman–Crippen LogP) is 0.768. The topological polar surface area (TPSA) is 38.7 Å². The molecule has 0 radical (unpaired) electrons. The fourth-order valence-corrected chi connectivity index (χ4v) is 0.586. The van der Waals surface area contributed by atoms with Gasteiger partial charge in [-0.05, 0) is 13.3 Å². The van der Waals surface area contributed by atoms with Crippen LogP contribution in [0.2, 0.25) is 0 Å². The molecule has 0 aliphatic heterocycles. The van der Waals surface area contributed by atoms with Crippen LogP contribution in [0.25, 0.3) is 0 Å². The van der Waals surface area contributed by atoms with Gasteiger partial charge in [0.2, 0.25) is 0 Å². The summed E-state index contributed by atoms with van der Waals surface area (Å²) in [4.78, 5) is 0. The maximum atomic E-state index is 8.26. The molecule has 0 aromatic carbocycles. The quantitative estimate of drug-likeness (QED) is 0.565. The van der Waals surface area contributed by atoms with Crippen LogP contribution in [0.15, 0.2) is 0 Å². The van der Waals surface area contributed by atoms with Gasteiger partial charge >= 0.3 is 0 Å². The first-order valence-corrected chi connectivity index (χ1v) is 3.61. The summed E-state index contributed by atoms with van der Waals surface area (Å²) in [6.45, 7) is 4.98. The molecule has 0 saturated heterocycles. The van der Waals surface area contributed by atoms with Crippen LogP contribution in [0.1, 0.15) is 20.3 Å². The molecule has 62 valence electrons. The Balaban J connectivity index is 3.00. The maximum Gasteiger partial charge on any atom is 0.143 e. The van der Waals surface area contributed by atoms with Crippen LogP contribution in [-0.2, 0) is 9.47 Å². The third-order valence-corrected chi connectivity index (χ3v) is 1.05. The Kier molecular flexibility index (Phi) is 6.91. The second kappa shape index (κ2) is 6.99. The molecule has 0 heterocycles. The molecule has 1 atom stereocenters. The lowest BCUT2D eigenvalue weighted by Gasteiger charge is -2.10. The highest BCUT2D eigenvalue weighted by molar-refractivity contribution is 4.44. The molecular weight excluding hydrogens is 132 g/mol. The molecule has 0 aliphatic rings. The molecule has 0 amide bonds. The average Bonchev–Trinajstić information content (AvgIpc) is 1.97. The number of aliphatic hydroxyl groups is 1. The molecule has 3 nitrogen and oxygen atoms in total. The molecule has 0 aliphatic carbocycles. The molecule has 0 aromatic heterocycles. The summed E-state index contributed by atoms with van der Waals surface area (Å²) in [5, 5.41) is 8.26. The SMILES string of the molecule is CCCOC(C)COCO. The first kappa shape index (κ1) is 9.88. The molecule has 0 aromatic rings. The number of hydrogen-bond donors (Lipinski definition) is 1. The zero-order chi connectivity index (χ0) is 7.82. The molecule has 10 heavy (non-hydrogen) atoms. The summed E-state index contributed by atoms with van der Waals surface area (Å²) in [5.74, 6) is 0. The molecule has 1 N–H and O–H groups in total. The monoisotopic (exact) mass is 148 g/mol. The van der Waals surface area contributed by atoms with E-state index in [0.717, 1.165) is 13.0 Å². The molecule has 0 saturated carbocycles. The van der Waals surface area contributed by atoms with Gasteiger partial charge in [0.15, 0.2) is 0 Å². The van der Waals surface area contributed by atoms with Gasteiger partial charge in [0, 0.05) is 6.61 Å². The summed E-state index contributed by atoms with van der Waals surface area (Å²) in [7, 11) is 0. The van der Waals surface area contributed by atoms with Crippen LogP contribution in [0.3, 0.4) is 0 Å². The van der Waals surface area contributed by atoms with Gasteiger partial charge in [-0.2, -0.15) is 0 Å². The van der Waals surface area contributed by atoms with Gasteiger partial charge in [-0.15, -0.1) is 0 Å². The minimum absolute atomic E-state index is 0.0899. The molecule has 0 fully saturated rings. The fraction of sp³-hybridized carbons (Fsp3) is 1.00. The van der Waals surface area contributed by atoms with Gasteiger partial charge in [0.25, 0.3) is 0 Å². The first-order valence-electron chi connectivity index (χ1n) is 3.61. The summed E-state index contributed by atoms with van der Waals surface area (Å²) in [5.41, 5.74) is 0. The Bertz CT molecular complexity index is 57.9. The van der Waals surface area contributed by atoms with E-state index in [1.54, 1.807) is 0 Å². The van der Waals surface area contributed by atoms with Gasteiger partial charge in [-0.3, -0.25) is 0 Å². The summed E-state index contributed by atoms with van der Waals surface area (Å²) >= 11 is 0. The van der Waals surface area contributed by atoms with E-state index in [1.165, 1.54) is 0 Å².